The van der Waals surface area contributed by atoms with E-state index in [1.165, 1.54) is 0 Å². The second-order valence-electron chi connectivity index (χ2n) is 4.45. The Hall–Kier alpha value is -1.62. The fourth-order valence-electron chi connectivity index (χ4n) is 1.65. The summed E-state index contributed by atoms with van der Waals surface area (Å²) in [7, 11) is 0. The highest BCUT2D eigenvalue weighted by atomic mass is 16.2. The molecule has 1 aromatic rings. The maximum atomic E-state index is 11.7. The predicted octanol–water partition coefficient (Wildman–Crippen LogP) is 0.891. The Kier molecular flexibility index (Phi) is 5.58. The summed E-state index contributed by atoms with van der Waals surface area (Å²) in [5.74, 6) is 0.0229. The quantitative estimate of drug-likeness (QED) is 0.786. The van der Waals surface area contributed by atoms with Gasteiger partial charge in [-0.05, 0) is 32.9 Å². The number of nitrogens with zero attached hydrogens (tertiary/aromatic N) is 2. The van der Waals surface area contributed by atoms with E-state index in [1.807, 2.05) is 37.8 Å². The summed E-state index contributed by atoms with van der Waals surface area (Å²) in [6.45, 7) is 7.45. The minimum Gasteiger partial charge on any atom is -0.361 e. The lowest BCUT2D eigenvalue weighted by molar-refractivity contribution is -0.120. The van der Waals surface area contributed by atoms with Crippen molar-refractivity contribution in [3.63, 3.8) is 0 Å². The number of anilines is 1. The normalized spacial score (nSPS) is 10.5. The summed E-state index contributed by atoms with van der Waals surface area (Å²) in [6, 6.07) is 3.99. The minimum absolute atomic E-state index is 0.0229. The molecule has 18 heavy (non-hydrogen) atoms. The molecule has 0 aliphatic heterocycles. The predicted molar refractivity (Wildman–Crippen MR) is 73.3 cm³/mol. The molecular weight excluding hydrogens is 228 g/mol. The lowest BCUT2D eigenvalue weighted by Crippen LogP contribution is -2.40. The monoisotopic (exact) mass is 250 g/mol. The SMILES string of the molecule is CCN(CC(=O)NC(C)C)c1ccc(CN)nc1. The fourth-order valence-corrected chi connectivity index (χ4v) is 1.65. The van der Waals surface area contributed by atoms with Crippen LogP contribution in [0.25, 0.3) is 0 Å². The van der Waals surface area contributed by atoms with E-state index in [-0.39, 0.29) is 11.9 Å². The summed E-state index contributed by atoms with van der Waals surface area (Å²) in [5.41, 5.74) is 7.29. The summed E-state index contributed by atoms with van der Waals surface area (Å²) in [6.07, 6.45) is 1.76. The molecule has 1 heterocycles. The molecule has 1 amide bonds. The van der Waals surface area contributed by atoms with Crippen LogP contribution in [0, 0.1) is 0 Å². The molecule has 0 unspecified atom stereocenters. The number of hydrogen-bond acceptors (Lipinski definition) is 4. The van der Waals surface area contributed by atoms with Crippen LogP contribution < -0.4 is 16.0 Å². The lowest BCUT2D eigenvalue weighted by atomic mass is 10.3. The van der Waals surface area contributed by atoms with E-state index >= 15 is 0 Å². The minimum atomic E-state index is 0.0229. The fraction of sp³-hybridized carbons (Fsp3) is 0.538. The Bertz CT molecular complexity index is 375. The molecule has 0 radical (unpaired) electrons. The summed E-state index contributed by atoms with van der Waals surface area (Å²) in [5, 5.41) is 2.88. The molecule has 0 saturated carbocycles. The first-order valence-electron chi connectivity index (χ1n) is 6.26. The lowest BCUT2D eigenvalue weighted by Gasteiger charge is -2.22. The number of nitrogens with two attached hydrogens (primary N) is 1. The average molecular weight is 250 g/mol. The van der Waals surface area contributed by atoms with E-state index in [9.17, 15) is 4.79 Å². The first-order valence-corrected chi connectivity index (χ1v) is 6.26. The van der Waals surface area contributed by atoms with Crippen LogP contribution in [0.15, 0.2) is 18.3 Å². The van der Waals surface area contributed by atoms with Crippen molar-refractivity contribution in [2.75, 3.05) is 18.0 Å². The van der Waals surface area contributed by atoms with Crippen molar-refractivity contribution in [3.05, 3.63) is 24.0 Å². The Morgan fingerprint density at radius 3 is 2.67 bits per heavy atom. The number of rotatable bonds is 6. The molecule has 0 aliphatic rings. The van der Waals surface area contributed by atoms with Crippen molar-refractivity contribution in [1.29, 1.82) is 0 Å². The highest BCUT2D eigenvalue weighted by molar-refractivity contribution is 5.81. The van der Waals surface area contributed by atoms with Gasteiger partial charge in [-0.25, -0.2) is 0 Å². The average Bonchev–Trinajstić information content (AvgIpc) is 2.35. The van der Waals surface area contributed by atoms with Gasteiger partial charge in [-0.2, -0.15) is 0 Å². The molecular formula is C13H22N4O. The Labute approximate surface area is 108 Å². The van der Waals surface area contributed by atoms with E-state index < -0.39 is 0 Å². The molecule has 5 heteroatoms. The van der Waals surface area contributed by atoms with Crippen molar-refractivity contribution < 1.29 is 4.79 Å². The summed E-state index contributed by atoms with van der Waals surface area (Å²) in [4.78, 5) is 17.9. The maximum Gasteiger partial charge on any atom is 0.239 e. The third-order valence-electron chi connectivity index (χ3n) is 2.55. The van der Waals surface area contributed by atoms with Gasteiger partial charge in [0.05, 0.1) is 24.1 Å². The zero-order valence-electron chi connectivity index (χ0n) is 11.3. The number of pyridine rings is 1. The van der Waals surface area contributed by atoms with Gasteiger partial charge in [-0.15, -0.1) is 0 Å². The second kappa shape index (κ2) is 6.96. The van der Waals surface area contributed by atoms with Gasteiger partial charge in [-0.1, -0.05) is 0 Å². The molecule has 0 aromatic carbocycles. The number of likely N-dealkylation sites (N-methyl/N-ethyl adjacent to an activating group) is 1. The molecule has 100 valence electrons. The third kappa shape index (κ3) is 4.33. The van der Waals surface area contributed by atoms with Crippen LogP contribution in [0.3, 0.4) is 0 Å². The first kappa shape index (κ1) is 14.4. The Morgan fingerprint density at radius 2 is 2.22 bits per heavy atom. The smallest absolute Gasteiger partial charge is 0.239 e. The number of carbonyl (C=O) groups is 1. The van der Waals surface area contributed by atoms with E-state index in [0.29, 0.717) is 13.1 Å². The Balaban J connectivity index is 2.67. The van der Waals surface area contributed by atoms with Crippen molar-refractivity contribution in [3.8, 4) is 0 Å². The maximum absolute atomic E-state index is 11.7. The standard InChI is InChI=1S/C13H22N4O/c1-4-17(9-13(18)16-10(2)3)12-6-5-11(7-14)15-8-12/h5-6,8,10H,4,7,9,14H2,1-3H3,(H,16,18). The van der Waals surface area contributed by atoms with Crippen molar-refractivity contribution in [2.45, 2.75) is 33.4 Å². The zero-order chi connectivity index (χ0) is 13.5. The molecule has 3 N–H and O–H groups in total. The molecule has 1 aromatic heterocycles. The van der Waals surface area contributed by atoms with Gasteiger partial charge in [0, 0.05) is 19.1 Å². The van der Waals surface area contributed by atoms with Gasteiger partial charge in [0.1, 0.15) is 0 Å². The molecule has 1 rings (SSSR count). The highest BCUT2D eigenvalue weighted by Gasteiger charge is 2.10. The van der Waals surface area contributed by atoms with Crippen molar-refractivity contribution >= 4 is 11.6 Å². The van der Waals surface area contributed by atoms with Gasteiger partial charge < -0.3 is 16.0 Å². The van der Waals surface area contributed by atoms with Gasteiger partial charge in [0.15, 0.2) is 0 Å². The van der Waals surface area contributed by atoms with Crippen LogP contribution in [0.1, 0.15) is 26.5 Å². The Morgan fingerprint density at radius 1 is 1.50 bits per heavy atom. The van der Waals surface area contributed by atoms with E-state index in [4.69, 9.17) is 5.73 Å². The highest BCUT2D eigenvalue weighted by Crippen LogP contribution is 2.12. The van der Waals surface area contributed by atoms with Crippen molar-refractivity contribution in [2.24, 2.45) is 5.73 Å². The van der Waals surface area contributed by atoms with Crippen LogP contribution in [0.4, 0.5) is 5.69 Å². The number of carbonyl (C=O) groups excluding carboxylic acids is 1. The van der Waals surface area contributed by atoms with Crippen LogP contribution in [0.5, 0.6) is 0 Å². The molecule has 0 saturated heterocycles. The number of aromatic nitrogens is 1. The third-order valence-corrected chi connectivity index (χ3v) is 2.55. The summed E-state index contributed by atoms with van der Waals surface area (Å²) < 4.78 is 0. The molecule has 0 spiro atoms. The summed E-state index contributed by atoms with van der Waals surface area (Å²) >= 11 is 0. The molecule has 0 fully saturated rings. The van der Waals surface area contributed by atoms with Gasteiger partial charge >= 0.3 is 0 Å². The number of nitrogens with one attached hydrogen (secondary N) is 1. The molecule has 0 bridgehead atoms. The van der Waals surface area contributed by atoms with Crippen LogP contribution in [-0.2, 0) is 11.3 Å². The van der Waals surface area contributed by atoms with E-state index in [1.54, 1.807) is 6.20 Å². The van der Waals surface area contributed by atoms with Gasteiger partial charge in [-0.3, -0.25) is 9.78 Å². The first-order chi connectivity index (χ1) is 8.56. The number of amides is 1. The zero-order valence-corrected chi connectivity index (χ0v) is 11.3. The molecule has 0 aliphatic carbocycles. The molecule has 5 nitrogen and oxygen atoms in total. The van der Waals surface area contributed by atoms with E-state index in [0.717, 1.165) is 17.9 Å². The largest absolute Gasteiger partial charge is 0.361 e. The van der Waals surface area contributed by atoms with Gasteiger partial charge in [0.2, 0.25) is 5.91 Å². The molecule has 0 atom stereocenters. The van der Waals surface area contributed by atoms with Gasteiger partial charge in [0.25, 0.3) is 0 Å². The topological polar surface area (TPSA) is 71.2 Å². The second-order valence-corrected chi connectivity index (χ2v) is 4.45. The van der Waals surface area contributed by atoms with Crippen LogP contribution in [-0.4, -0.2) is 30.0 Å². The van der Waals surface area contributed by atoms with E-state index in [2.05, 4.69) is 10.3 Å². The number of hydrogen-bond donors (Lipinski definition) is 2. The van der Waals surface area contributed by atoms with Crippen molar-refractivity contribution in [1.82, 2.24) is 10.3 Å². The van der Waals surface area contributed by atoms with Crippen LogP contribution >= 0.6 is 0 Å². The van der Waals surface area contributed by atoms with Crippen LogP contribution in [0.2, 0.25) is 0 Å².